The molecule has 2 aliphatic carbocycles. The van der Waals surface area contributed by atoms with Gasteiger partial charge in [-0.05, 0) is 66.3 Å². The fourth-order valence-electron chi connectivity index (χ4n) is 3.82. The number of rotatable bonds is 3. The van der Waals surface area contributed by atoms with Crippen molar-refractivity contribution in [3.8, 4) is 22.6 Å². The molecular formula is C20H22O2. The Kier molecular flexibility index (Phi) is 3.14. The third-order valence-corrected chi connectivity index (χ3v) is 5.37. The second-order valence-electron chi connectivity index (χ2n) is 6.70. The summed E-state index contributed by atoms with van der Waals surface area (Å²) in [5, 5.41) is 0. The van der Waals surface area contributed by atoms with Crippen LogP contribution in [0.5, 0.6) is 11.5 Å². The highest BCUT2D eigenvalue weighted by Gasteiger charge is 2.44. The minimum Gasteiger partial charge on any atom is -0.496 e. The van der Waals surface area contributed by atoms with Crippen molar-refractivity contribution >= 4 is 0 Å². The van der Waals surface area contributed by atoms with Crippen molar-refractivity contribution in [2.75, 3.05) is 14.2 Å². The Labute approximate surface area is 132 Å². The lowest BCUT2D eigenvalue weighted by Gasteiger charge is -2.25. The Hall–Kier alpha value is -1.96. The van der Waals surface area contributed by atoms with E-state index in [-0.39, 0.29) is 0 Å². The molecule has 22 heavy (non-hydrogen) atoms. The molecule has 2 aromatic carbocycles. The van der Waals surface area contributed by atoms with Gasteiger partial charge < -0.3 is 9.47 Å². The van der Waals surface area contributed by atoms with Gasteiger partial charge in [-0.25, -0.2) is 0 Å². The van der Waals surface area contributed by atoms with Crippen LogP contribution >= 0.6 is 0 Å². The third-order valence-electron chi connectivity index (χ3n) is 5.37. The zero-order valence-corrected chi connectivity index (χ0v) is 13.3. The molecular weight excluding hydrogens is 272 g/mol. The molecule has 1 saturated carbocycles. The van der Waals surface area contributed by atoms with E-state index in [9.17, 15) is 0 Å². The number of methoxy groups -OCH3 is 2. The molecule has 2 nitrogen and oxygen atoms in total. The number of benzene rings is 2. The van der Waals surface area contributed by atoms with E-state index >= 15 is 0 Å². The van der Waals surface area contributed by atoms with E-state index in [0.717, 1.165) is 17.1 Å². The van der Waals surface area contributed by atoms with E-state index in [1.54, 1.807) is 19.8 Å². The van der Waals surface area contributed by atoms with Gasteiger partial charge in [0.05, 0.1) is 19.8 Å². The first-order chi connectivity index (χ1) is 10.7. The molecule has 0 amide bonds. The number of fused-ring (bicyclic) bond motifs is 1. The maximum atomic E-state index is 5.55. The monoisotopic (exact) mass is 294 g/mol. The third kappa shape index (κ3) is 2.18. The van der Waals surface area contributed by atoms with Crippen LogP contribution in [0, 0.1) is 5.41 Å². The molecule has 2 aliphatic rings. The van der Waals surface area contributed by atoms with Crippen LogP contribution in [0.4, 0.5) is 0 Å². The van der Waals surface area contributed by atoms with E-state index in [1.807, 2.05) is 18.2 Å². The summed E-state index contributed by atoms with van der Waals surface area (Å²) in [5.41, 5.74) is 5.96. The van der Waals surface area contributed by atoms with Crippen LogP contribution in [0.15, 0.2) is 36.4 Å². The van der Waals surface area contributed by atoms with E-state index in [4.69, 9.17) is 9.47 Å². The van der Waals surface area contributed by atoms with Crippen molar-refractivity contribution in [2.45, 2.75) is 32.1 Å². The minimum atomic E-state index is 0.663. The summed E-state index contributed by atoms with van der Waals surface area (Å²) in [5.74, 6) is 1.74. The molecule has 4 rings (SSSR count). The Balaban J connectivity index is 1.78. The quantitative estimate of drug-likeness (QED) is 0.821. The van der Waals surface area contributed by atoms with Crippen LogP contribution in [-0.2, 0) is 12.8 Å². The predicted octanol–water partition coefficient (Wildman–Crippen LogP) is 4.64. The van der Waals surface area contributed by atoms with Gasteiger partial charge >= 0.3 is 0 Å². The molecule has 0 atom stereocenters. The summed E-state index contributed by atoms with van der Waals surface area (Å²) < 4.78 is 11.1. The molecule has 0 saturated heterocycles. The van der Waals surface area contributed by atoms with E-state index < -0.39 is 0 Å². The van der Waals surface area contributed by atoms with Crippen molar-refractivity contribution in [3.63, 3.8) is 0 Å². The van der Waals surface area contributed by atoms with E-state index in [0.29, 0.717) is 5.41 Å². The smallest absolute Gasteiger partial charge is 0.130 e. The van der Waals surface area contributed by atoms with Crippen molar-refractivity contribution in [1.29, 1.82) is 0 Å². The highest BCUT2D eigenvalue weighted by molar-refractivity contribution is 5.77. The summed E-state index contributed by atoms with van der Waals surface area (Å²) in [4.78, 5) is 0. The lowest BCUT2D eigenvalue weighted by atomic mass is 9.80. The predicted molar refractivity (Wildman–Crippen MR) is 88.7 cm³/mol. The molecule has 2 aromatic rings. The number of ether oxygens (including phenoxy) is 2. The Morgan fingerprint density at radius 3 is 2.23 bits per heavy atom. The van der Waals surface area contributed by atoms with Crippen LogP contribution in [-0.4, -0.2) is 14.2 Å². The Morgan fingerprint density at radius 2 is 1.59 bits per heavy atom. The Bertz CT molecular complexity index is 691. The summed E-state index contributed by atoms with van der Waals surface area (Å²) in [6.45, 7) is 0. The van der Waals surface area contributed by atoms with Gasteiger partial charge in [-0.1, -0.05) is 24.3 Å². The lowest BCUT2D eigenvalue weighted by Crippen LogP contribution is -2.14. The molecule has 1 spiro atoms. The summed E-state index contributed by atoms with van der Waals surface area (Å²) in [6, 6.07) is 12.8. The van der Waals surface area contributed by atoms with Crippen LogP contribution in [0.1, 0.15) is 30.4 Å². The highest BCUT2D eigenvalue weighted by atomic mass is 16.5. The molecule has 0 bridgehead atoms. The summed E-state index contributed by atoms with van der Waals surface area (Å²) in [6.07, 6.45) is 6.68. The van der Waals surface area contributed by atoms with E-state index in [1.165, 1.54) is 43.2 Å². The van der Waals surface area contributed by atoms with Gasteiger partial charge in [-0.2, -0.15) is 0 Å². The fraction of sp³-hybridized carbons (Fsp3) is 0.400. The van der Waals surface area contributed by atoms with Gasteiger partial charge in [0.25, 0.3) is 0 Å². The van der Waals surface area contributed by atoms with Crippen LogP contribution in [0.3, 0.4) is 0 Å². The van der Waals surface area contributed by atoms with Gasteiger partial charge in [0.15, 0.2) is 0 Å². The molecule has 0 N–H and O–H groups in total. The van der Waals surface area contributed by atoms with Crippen molar-refractivity contribution in [2.24, 2.45) is 5.41 Å². The molecule has 0 aromatic heterocycles. The number of hydrogen-bond acceptors (Lipinski definition) is 2. The first kappa shape index (κ1) is 13.7. The second-order valence-corrected chi connectivity index (χ2v) is 6.70. The van der Waals surface area contributed by atoms with Gasteiger partial charge in [0, 0.05) is 0 Å². The first-order valence-corrected chi connectivity index (χ1v) is 8.08. The minimum absolute atomic E-state index is 0.663. The van der Waals surface area contributed by atoms with Crippen LogP contribution in [0.2, 0.25) is 0 Å². The topological polar surface area (TPSA) is 18.5 Å². The molecule has 114 valence electrons. The average Bonchev–Trinajstić information content (AvgIpc) is 3.32. The van der Waals surface area contributed by atoms with Gasteiger partial charge in [-0.15, -0.1) is 0 Å². The first-order valence-electron chi connectivity index (χ1n) is 8.08. The summed E-state index contributed by atoms with van der Waals surface area (Å²) >= 11 is 0. The van der Waals surface area contributed by atoms with Gasteiger partial charge in [0.1, 0.15) is 11.5 Å². The summed E-state index contributed by atoms with van der Waals surface area (Å²) in [7, 11) is 3.43. The zero-order valence-electron chi connectivity index (χ0n) is 13.3. The van der Waals surface area contributed by atoms with Gasteiger partial charge in [-0.3, -0.25) is 0 Å². The number of aryl methyl sites for hydroxylation is 1. The zero-order chi connectivity index (χ0) is 15.2. The number of hydrogen-bond donors (Lipinski definition) is 0. The maximum absolute atomic E-state index is 5.55. The average molecular weight is 294 g/mol. The molecule has 0 radical (unpaired) electrons. The highest BCUT2D eigenvalue weighted by Crippen LogP contribution is 2.55. The molecule has 0 unspecified atom stereocenters. The second kappa shape index (κ2) is 5.05. The van der Waals surface area contributed by atoms with Crippen molar-refractivity contribution in [3.05, 3.63) is 47.5 Å². The molecule has 2 heteroatoms. The SMILES string of the molecule is COc1cccc(OC)c1-c1ccc2c(c1)CCC1(CC1)C2. The molecule has 1 fully saturated rings. The maximum Gasteiger partial charge on any atom is 0.130 e. The van der Waals surface area contributed by atoms with Gasteiger partial charge in [0.2, 0.25) is 0 Å². The van der Waals surface area contributed by atoms with Crippen LogP contribution in [0.25, 0.3) is 11.1 Å². The molecule has 0 heterocycles. The largest absolute Gasteiger partial charge is 0.496 e. The molecule has 0 aliphatic heterocycles. The fourth-order valence-corrected chi connectivity index (χ4v) is 3.82. The van der Waals surface area contributed by atoms with Crippen LogP contribution < -0.4 is 9.47 Å². The van der Waals surface area contributed by atoms with Crippen molar-refractivity contribution in [1.82, 2.24) is 0 Å². The van der Waals surface area contributed by atoms with E-state index in [2.05, 4.69) is 18.2 Å². The lowest BCUT2D eigenvalue weighted by molar-refractivity contribution is 0.397. The normalized spacial score (nSPS) is 17.9. The standard InChI is InChI=1S/C20H22O2/c1-21-17-4-3-5-18(22-2)19(17)15-6-7-16-13-20(10-11-20)9-8-14(16)12-15/h3-7,12H,8-11,13H2,1-2H3. The Morgan fingerprint density at radius 1 is 0.864 bits per heavy atom. The van der Waals surface area contributed by atoms with Crippen molar-refractivity contribution < 1.29 is 9.47 Å².